The topological polar surface area (TPSA) is 135 Å². The van der Waals surface area contributed by atoms with E-state index in [2.05, 4.69) is 176 Å². The van der Waals surface area contributed by atoms with Crippen LogP contribution in [0, 0.1) is 34.6 Å². The van der Waals surface area contributed by atoms with Crippen LogP contribution < -0.4 is 0 Å². The molecule has 75 heavy (non-hydrogen) atoms. The smallest absolute Gasteiger partial charge is 0.373 e. The van der Waals surface area contributed by atoms with Crippen molar-refractivity contribution in [1.82, 2.24) is 9.97 Å². The summed E-state index contributed by atoms with van der Waals surface area (Å²) in [5.74, 6) is 0. The Balaban J connectivity index is 0.000000251. The summed E-state index contributed by atoms with van der Waals surface area (Å²) in [6.45, 7) is 22.3. The van der Waals surface area contributed by atoms with Crippen LogP contribution in [-0.4, -0.2) is 43.7 Å². The molecule has 394 valence electrons. The minimum atomic E-state index is -0.618. The summed E-state index contributed by atoms with van der Waals surface area (Å²) in [5, 5.41) is 21.4. The fourth-order valence-corrected chi connectivity index (χ4v) is 11.7. The van der Waals surface area contributed by atoms with Gasteiger partial charge in [0.25, 0.3) is 0 Å². The van der Waals surface area contributed by atoms with Crippen LogP contribution in [0.25, 0.3) is 34.4 Å². The molecular weight excluding hydrogens is 929 g/mol. The maximum absolute atomic E-state index is 10.7. The number of carbonyl (C=O) groups excluding carboxylic acids is 4. The monoisotopic (exact) mass is 1010 g/mol. The van der Waals surface area contributed by atoms with Gasteiger partial charge in [0.2, 0.25) is 0 Å². The zero-order chi connectivity index (χ0) is 54.8. The van der Waals surface area contributed by atoms with Gasteiger partial charge in [0.05, 0.1) is 11.2 Å². The highest BCUT2D eigenvalue weighted by atomic mass is 16.3. The Morgan fingerprint density at radius 2 is 0.827 bits per heavy atom. The van der Waals surface area contributed by atoms with Crippen molar-refractivity contribution in [3.8, 4) is 22.3 Å². The minimum absolute atomic E-state index is 0.0230. The maximum atomic E-state index is 10.7. The van der Waals surface area contributed by atoms with Crippen molar-refractivity contribution >= 4 is 24.5 Å². The van der Waals surface area contributed by atoms with Crippen LogP contribution in [0.1, 0.15) is 178 Å². The zero-order valence-corrected chi connectivity index (χ0v) is 46.3. The minimum Gasteiger partial charge on any atom is -0.386 e. The Hall–Kier alpha value is -6.66. The number of nitrogens with zero attached hydrogens (tertiary/aromatic N) is 2. The van der Waals surface area contributed by atoms with Crippen molar-refractivity contribution in [2.75, 3.05) is 0 Å². The lowest BCUT2D eigenvalue weighted by atomic mass is 9.69. The van der Waals surface area contributed by atoms with Crippen LogP contribution in [0.2, 0.25) is 0 Å². The number of hydrogen-bond donors (Lipinski definition) is 2. The first-order chi connectivity index (χ1) is 36.0. The summed E-state index contributed by atoms with van der Waals surface area (Å²) in [6.07, 6.45) is 29.8. The molecule has 8 rings (SSSR count). The molecule has 0 atom stereocenters. The molecule has 0 aliphatic heterocycles. The van der Waals surface area contributed by atoms with Gasteiger partial charge in [0, 0.05) is 46.7 Å². The summed E-state index contributed by atoms with van der Waals surface area (Å²) in [6, 6.07) is 32.2. The molecule has 2 fully saturated rings. The summed E-state index contributed by atoms with van der Waals surface area (Å²) >= 11 is 0. The summed E-state index contributed by atoms with van der Waals surface area (Å²) in [7, 11) is 0. The quantitative estimate of drug-likeness (QED) is 0.104. The van der Waals surface area contributed by atoms with Gasteiger partial charge in [0.1, 0.15) is 0 Å². The number of aromatic nitrogens is 2. The molecule has 0 bridgehead atoms. The summed E-state index contributed by atoms with van der Waals surface area (Å²) < 4.78 is 0. The highest BCUT2D eigenvalue weighted by Gasteiger charge is 2.34. The molecule has 2 aliphatic carbocycles. The number of pyridine rings is 2. The number of aliphatic hydroxyl groups is 2. The highest BCUT2D eigenvalue weighted by Crippen LogP contribution is 2.43. The van der Waals surface area contributed by atoms with Crippen molar-refractivity contribution in [2.45, 2.75) is 175 Å². The number of benzene rings is 4. The Morgan fingerprint density at radius 1 is 0.480 bits per heavy atom. The fourth-order valence-electron chi connectivity index (χ4n) is 11.7. The van der Waals surface area contributed by atoms with E-state index in [4.69, 9.17) is 19.2 Å². The maximum Gasteiger partial charge on any atom is 0.373 e. The van der Waals surface area contributed by atoms with E-state index in [9.17, 15) is 10.2 Å². The van der Waals surface area contributed by atoms with Crippen LogP contribution in [0.15, 0.2) is 122 Å². The normalized spacial score (nSPS) is 14.7. The third-order valence-corrected chi connectivity index (χ3v) is 16.4. The van der Waals surface area contributed by atoms with Crippen molar-refractivity contribution < 1.29 is 29.4 Å². The van der Waals surface area contributed by atoms with Crippen LogP contribution in [0.4, 0.5) is 0 Å². The van der Waals surface area contributed by atoms with Crippen molar-refractivity contribution in [3.63, 3.8) is 0 Å². The number of hydrogen-bond acceptors (Lipinski definition) is 8. The molecule has 2 aromatic heterocycles. The van der Waals surface area contributed by atoms with Gasteiger partial charge in [-0.05, 0) is 182 Å². The van der Waals surface area contributed by atoms with Gasteiger partial charge >= 0.3 is 12.3 Å². The third-order valence-electron chi connectivity index (χ3n) is 16.4. The standard InChI is InChI=1S/C33H41NO.C32H39NO.2CO2/c1-6-26-21-28(23-34-22-26)31-14-13-30(20-25(31)5)33(7-2,8-3)29-12-11-27(24(4)19-29)15-18-32(35)16-9-10-17-32;1-6-32(7-2,29-12-13-30(25(5)20-29)27-18-23(3)21-33-22-27)28-11-10-26(24(4)19-28)14-17-31(34)15-8-9-16-31;2*2-1-3/h11-15,18-23,35H,6-10,16-17H2,1-5H3;10-14,17-22,34H,6-9,15-16H2,1-5H3;;/b18-15+;17-14+;;. The second-order valence-electron chi connectivity index (χ2n) is 20.9. The lowest BCUT2D eigenvalue weighted by molar-refractivity contribution is -0.193. The van der Waals surface area contributed by atoms with Crippen molar-refractivity contribution in [1.29, 1.82) is 0 Å². The molecule has 8 nitrogen and oxygen atoms in total. The van der Waals surface area contributed by atoms with E-state index in [1.165, 1.54) is 89.0 Å². The molecule has 0 unspecified atom stereocenters. The first-order valence-electron chi connectivity index (χ1n) is 27.1. The lowest BCUT2D eigenvalue weighted by Gasteiger charge is -2.34. The molecule has 8 heteroatoms. The van der Waals surface area contributed by atoms with Crippen molar-refractivity contribution in [3.05, 3.63) is 189 Å². The molecule has 0 amide bonds. The molecule has 6 aromatic rings. The van der Waals surface area contributed by atoms with E-state index in [0.717, 1.165) is 83.5 Å². The second kappa shape index (κ2) is 27.2. The zero-order valence-electron chi connectivity index (χ0n) is 46.3. The van der Waals surface area contributed by atoms with Gasteiger partial charge in [-0.15, -0.1) is 0 Å². The van der Waals surface area contributed by atoms with Gasteiger partial charge in [0.15, 0.2) is 0 Å². The predicted octanol–water partition coefficient (Wildman–Crippen LogP) is 15.3. The Labute approximate surface area is 447 Å². The average molecular weight is 1010 g/mol. The largest absolute Gasteiger partial charge is 0.386 e. The van der Waals surface area contributed by atoms with Gasteiger partial charge in [-0.2, -0.15) is 19.2 Å². The molecule has 2 N–H and O–H groups in total. The molecule has 2 heterocycles. The number of aryl methyl sites for hydroxylation is 6. The molecular formula is C67H80N2O6. The summed E-state index contributed by atoms with van der Waals surface area (Å²) in [5.41, 5.74) is 19.1. The second-order valence-corrected chi connectivity index (χ2v) is 20.9. The molecule has 0 radical (unpaired) electrons. The number of rotatable bonds is 15. The molecule has 0 spiro atoms. The van der Waals surface area contributed by atoms with E-state index in [1.807, 2.05) is 36.9 Å². The van der Waals surface area contributed by atoms with Gasteiger partial charge in [-0.3, -0.25) is 9.97 Å². The van der Waals surface area contributed by atoms with E-state index >= 15 is 0 Å². The molecule has 0 saturated heterocycles. The lowest BCUT2D eigenvalue weighted by Crippen LogP contribution is -2.26. The Bertz CT molecular complexity index is 2960. The summed E-state index contributed by atoms with van der Waals surface area (Å²) in [4.78, 5) is 41.4. The first kappa shape index (κ1) is 59.2. The molecule has 4 aromatic carbocycles. The van der Waals surface area contributed by atoms with Gasteiger partial charge in [-0.25, -0.2) is 0 Å². The van der Waals surface area contributed by atoms with Gasteiger partial charge < -0.3 is 10.2 Å². The Morgan fingerprint density at radius 3 is 1.16 bits per heavy atom. The SMILES string of the molecule is CCC(CC)(c1ccc(/C=C/C2(O)CCCC2)c(C)c1)c1ccc(-c2cncc(C)c2)c(C)c1.CCc1cncc(-c2ccc(C(CC)(CC)c3ccc(/C=C/C4(O)CCCC4)c(C)c3)cc2C)c1.O=C=O.O=C=O. The first-order valence-corrected chi connectivity index (χ1v) is 27.1. The molecule has 2 saturated carbocycles. The molecule has 2 aliphatic rings. The van der Waals surface area contributed by atoms with Crippen molar-refractivity contribution in [2.24, 2.45) is 0 Å². The van der Waals surface area contributed by atoms with E-state index in [0.29, 0.717) is 0 Å². The third kappa shape index (κ3) is 14.4. The van der Waals surface area contributed by atoms with E-state index in [1.54, 1.807) is 0 Å². The Kier molecular flexibility index (Phi) is 21.5. The van der Waals surface area contributed by atoms with Gasteiger partial charge in [-0.1, -0.05) is 157 Å². The predicted molar refractivity (Wildman–Crippen MR) is 303 cm³/mol. The fraction of sp³-hybridized carbons (Fsp3) is 0.403. The van der Waals surface area contributed by atoms with E-state index in [-0.39, 0.29) is 23.1 Å². The van der Waals surface area contributed by atoms with Crippen LogP contribution >= 0.6 is 0 Å². The van der Waals surface area contributed by atoms with E-state index < -0.39 is 11.2 Å². The van der Waals surface area contributed by atoms with Crippen LogP contribution in [0.3, 0.4) is 0 Å². The highest BCUT2D eigenvalue weighted by molar-refractivity contribution is 5.69. The van der Waals surface area contributed by atoms with Crippen LogP contribution in [-0.2, 0) is 36.4 Å². The van der Waals surface area contributed by atoms with Crippen LogP contribution in [0.5, 0.6) is 0 Å². The average Bonchev–Trinajstić information content (AvgIpc) is 4.05.